The molecule has 1 aromatic carbocycles. The van der Waals surface area contributed by atoms with E-state index in [1.807, 2.05) is 16.7 Å². The molecular formula is C14H21N3OS. The van der Waals surface area contributed by atoms with E-state index < -0.39 is 0 Å². The molecule has 1 fully saturated rings. The maximum atomic E-state index is 12.5. The Morgan fingerprint density at radius 3 is 2.74 bits per heavy atom. The first-order valence-corrected chi connectivity index (χ1v) is 7.46. The zero-order chi connectivity index (χ0) is 14.0. The van der Waals surface area contributed by atoms with Crippen LogP contribution in [0.5, 0.6) is 0 Å². The van der Waals surface area contributed by atoms with Crippen molar-refractivity contribution in [2.45, 2.75) is 25.0 Å². The van der Waals surface area contributed by atoms with Crippen molar-refractivity contribution in [3.8, 4) is 0 Å². The molecule has 1 heterocycles. The second-order valence-electron chi connectivity index (χ2n) is 5.50. The number of hydrogen-bond acceptors (Lipinski definition) is 4. The van der Waals surface area contributed by atoms with Gasteiger partial charge in [0, 0.05) is 35.0 Å². The number of carbonyl (C=O) groups excluding carboxylic acids is 1. The van der Waals surface area contributed by atoms with Gasteiger partial charge in [-0.3, -0.25) is 4.79 Å². The molecule has 5 heteroatoms. The van der Waals surface area contributed by atoms with E-state index >= 15 is 0 Å². The Morgan fingerprint density at radius 1 is 1.32 bits per heavy atom. The molecule has 104 valence electrons. The van der Waals surface area contributed by atoms with Crippen LogP contribution in [-0.4, -0.2) is 34.4 Å². The summed E-state index contributed by atoms with van der Waals surface area (Å²) < 4.78 is 0.238. The van der Waals surface area contributed by atoms with Gasteiger partial charge < -0.3 is 16.4 Å². The quantitative estimate of drug-likeness (QED) is 0.773. The largest absolute Gasteiger partial charge is 0.399 e. The van der Waals surface area contributed by atoms with Gasteiger partial charge in [0.05, 0.1) is 5.56 Å². The number of carbonyl (C=O) groups is 1. The molecule has 1 aromatic rings. The molecule has 0 unspecified atom stereocenters. The van der Waals surface area contributed by atoms with Gasteiger partial charge in [-0.1, -0.05) is 13.8 Å². The summed E-state index contributed by atoms with van der Waals surface area (Å²) in [5, 5.41) is 0. The van der Waals surface area contributed by atoms with Crippen molar-refractivity contribution < 1.29 is 4.79 Å². The van der Waals surface area contributed by atoms with Crippen molar-refractivity contribution in [3.05, 3.63) is 23.8 Å². The third-order valence-electron chi connectivity index (χ3n) is 3.43. The number of rotatable bonds is 1. The van der Waals surface area contributed by atoms with Gasteiger partial charge in [0.2, 0.25) is 0 Å². The lowest BCUT2D eigenvalue weighted by Crippen LogP contribution is -2.34. The Hall–Kier alpha value is -1.36. The number of nitrogens with zero attached hydrogens (tertiary/aromatic N) is 1. The van der Waals surface area contributed by atoms with Crippen LogP contribution in [0.1, 0.15) is 30.6 Å². The monoisotopic (exact) mass is 279 g/mol. The predicted molar refractivity (Wildman–Crippen MR) is 82.3 cm³/mol. The van der Waals surface area contributed by atoms with Gasteiger partial charge >= 0.3 is 0 Å². The lowest BCUT2D eigenvalue weighted by molar-refractivity contribution is 0.0765. The number of anilines is 2. The molecular weight excluding hydrogens is 258 g/mol. The van der Waals surface area contributed by atoms with Gasteiger partial charge in [-0.05, 0) is 24.6 Å². The standard InChI is InChI=1S/C14H21N3OS/c1-14(2)5-6-17(7-8-19-14)13(18)11-4-3-10(15)9-12(11)16/h3-4,9H,5-8,15-16H2,1-2H3. The summed E-state index contributed by atoms with van der Waals surface area (Å²) in [7, 11) is 0. The molecule has 4 N–H and O–H groups in total. The number of hydrogen-bond donors (Lipinski definition) is 2. The SMILES string of the molecule is CC1(C)CCN(C(=O)c2ccc(N)cc2N)CCS1. The van der Waals surface area contributed by atoms with Crippen LogP contribution in [0.25, 0.3) is 0 Å². The van der Waals surface area contributed by atoms with E-state index in [-0.39, 0.29) is 10.7 Å². The van der Waals surface area contributed by atoms with Gasteiger partial charge in [-0.15, -0.1) is 0 Å². The highest BCUT2D eigenvalue weighted by molar-refractivity contribution is 8.00. The van der Waals surface area contributed by atoms with Gasteiger partial charge in [0.25, 0.3) is 5.91 Å². The molecule has 4 nitrogen and oxygen atoms in total. The zero-order valence-corrected chi connectivity index (χ0v) is 12.3. The third kappa shape index (κ3) is 3.35. The fraction of sp³-hybridized carbons (Fsp3) is 0.500. The maximum Gasteiger partial charge on any atom is 0.255 e. The fourth-order valence-electron chi connectivity index (χ4n) is 2.17. The van der Waals surface area contributed by atoms with Crippen molar-refractivity contribution in [2.24, 2.45) is 0 Å². The average molecular weight is 279 g/mol. The minimum absolute atomic E-state index is 0.0100. The van der Waals surface area contributed by atoms with Crippen LogP contribution in [0.4, 0.5) is 11.4 Å². The van der Waals surface area contributed by atoms with Crippen molar-refractivity contribution >= 4 is 29.0 Å². The Balaban J connectivity index is 2.15. The third-order valence-corrected chi connectivity index (χ3v) is 4.80. The highest BCUT2D eigenvalue weighted by Gasteiger charge is 2.27. The molecule has 0 radical (unpaired) electrons. The summed E-state index contributed by atoms with van der Waals surface area (Å²) in [6.07, 6.45) is 0.998. The Labute approximate surface area is 118 Å². The molecule has 1 aliphatic rings. The molecule has 1 aliphatic heterocycles. The highest BCUT2D eigenvalue weighted by Crippen LogP contribution is 2.31. The summed E-state index contributed by atoms with van der Waals surface area (Å²) in [6, 6.07) is 5.08. The molecule has 0 spiro atoms. The van der Waals surface area contributed by atoms with Gasteiger partial charge in [0.15, 0.2) is 0 Å². The normalized spacial score (nSPS) is 18.9. The zero-order valence-electron chi connectivity index (χ0n) is 11.5. The Bertz CT molecular complexity index is 488. The molecule has 1 amide bonds. The summed E-state index contributed by atoms with van der Waals surface area (Å²) in [6.45, 7) is 6.01. The van der Waals surface area contributed by atoms with Crippen LogP contribution in [0, 0.1) is 0 Å². The van der Waals surface area contributed by atoms with E-state index in [0.29, 0.717) is 16.9 Å². The molecule has 0 saturated carbocycles. The topological polar surface area (TPSA) is 72.3 Å². The number of benzene rings is 1. The summed E-state index contributed by atoms with van der Waals surface area (Å²) in [4.78, 5) is 14.4. The summed E-state index contributed by atoms with van der Waals surface area (Å²) in [5.41, 5.74) is 13.1. The van der Waals surface area contributed by atoms with E-state index in [1.54, 1.807) is 18.2 Å². The fourth-order valence-corrected chi connectivity index (χ4v) is 3.27. The van der Waals surface area contributed by atoms with Crippen LogP contribution in [0.2, 0.25) is 0 Å². The summed E-state index contributed by atoms with van der Waals surface area (Å²) in [5.74, 6) is 0.976. The van der Waals surface area contributed by atoms with Crippen molar-refractivity contribution in [1.82, 2.24) is 4.90 Å². The lowest BCUT2D eigenvalue weighted by atomic mass is 10.1. The van der Waals surface area contributed by atoms with Gasteiger partial charge in [-0.25, -0.2) is 0 Å². The van der Waals surface area contributed by atoms with Gasteiger partial charge in [0.1, 0.15) is 0 Å². The number of nitrogen functional groups attached to an aromatic ring is 2. The van der Waals surface area contributed by atoms with Crippen LogP contribution < -0.4 is 11.5 Å². The minimum atomic E-state index is 0.0100. The van der Waals surface area contributed by atoms with Crippen molar-refractivity contribution in [2.75, 3.05) is 30.3 Å². The maximum absolute atomic E-state index is 12.5. The second kappa shape index (κ2) is 5.33. The van der Waals surface area contributed by atoms with E-state index in [9.17, 15) is 4.79 Å². The molecule has 1 saturated heterocycles. The van der Waals surface area contributed by atoms with Crippen LogP contribution in [0.15, 0.2) is 18.2 Å². The number of thioether (sulfide) groups is 1. The first-order chi connectivity index (χ1) is 8.89. The van der Waals surface area contributed by atoms with Crippen LogP contribution >= 0.6 is 11.8 Å². The van der Waals surface area contributed by atoms with Crippen molar-refractivity contribution in [1.29, 1.82) is 0 Å². The molecule has 0 atom stereocenters. The number of amides is 1. The number of nitrogens with two attached hydrogens (primary N) is 2. The van der Waals surface area contributed by atoms with Crippen LogP contribution in [-0.2, 0) is 0 Å². The smallest absolute Gasteiger partial charge is 0.255 e. The Morgan fingerprint density at radius 2 is 2.05 bits per heavy atom. The van der Waals surface area contributed by atoms with E-state index in [1.165, 1.54) is 0 Å². The Kier molecular flexibility index (Phi) is 3.94. The molecule has 0 bridgehead atoms. The lowest BCUT2D eigenvalue weighted by Gasteiger charge is -2.23. The average Bonchev–Trinajstić information content (AvgIpc) is 2.49. The van der Waals surface area contributed by atoms with E-state index in [4.69, 9.17) is 11.5 Å². The van der Waals surface area contributed by atoms with Crippen LogP contribution in [0.3, 0.4) is 0 Å². The molecule has 2 rings (SSSR count). The first-order valence-electron chi connectivity index (χ1n) is 6.47. The molecule has 19 heavy (non-hydrogen) atoms. The first kappa shape index (κ1) is 14.1. The molecule has 0 aliphatic carbocycles. The predicted octanol–water partition coefficient (Wildman–Crippen LogP) is 2.21. The molecule has 0 aromatic heterocycles. The van der Waals surface area contributed by atoms with E-state index in [0.717, 1.165) is 25.3 Å². The second-order valence-corrected chi connectivity index (χ2v) is 7.30. The minimum Gasteiger partial charge on any atom is -0.399 e. The summed E-state index contributed by atoms with van der Waals surface area (Å²) >= 11 is 1.92. The van der Waals surface area contributed by atoms with E-state index in [2.05, 4.69) is 13.8 Å². The van der Waals surface area contributed by atoms with Crippen molar-refractivity contribution in [3.63, 3.8) is 0 Å². The van der Waals surface area contributed by atoms with Gasteiger partial charge in [-0.2, -0.15) is 11.8 Å². The highest BCUT2D eigenvalue weighted by atomic mass is 32.2.